The molecule has 1 atom stereocenters. The lowest BCUT2D eigenvalue weighted by Crippen LogP contribution is -2.44. The normalized spacial score (nSPS) is 11.2. The number of nitrogens with two attached hydrogens (primary N) is 1. The number of nitrogens with one attached hydrogen (secondary N) is 2. The van der Waals surface area contributed by atoms with Crippen LogP contribution in [0.5, 0.6) is 0 Å². The van der Waals surface area contributed by atoms with Gasteiger partial charge in [-0.15, -0.1) is 0 Å². The van der Waals surface area contributed by atoms with Crippen molar-refractivity contribution in [2.24, 2.45) is 5.73 Å². The van der Waals surface area contributed by atoms with Crippen LogP contribution in [0.2, 0.25) is 0 Å². The predicted octanol–water partition coefficient (Wildman–Crippen LogP) is 0.182. The highest BCUT2D eigenvalue weighted by Gasteiger charge is 2.20. The summed E-state index contributed by atoms with van der Waals surface area (Å²) >= 11 is 0. The zero-order chi connectivity index (χ0) is 17.4. The van der Waals surface area contributed by atoms with Gasteiger partial charge in [0.2, 0.25) is 11.8 Å². The number of rotatable bonds is 7. The molecule has 0 unspecified atom stereocenters. The van der Waals surface area contributed by atoms with E-state index >= 15 is 0 Å². The topological polar surface area (TPSA) is 128 Å². The Balaban J connectivity index is 2.69. The molecule has 0 aliphatic heterocycles. The monoisotopic (exact) mass is 321 g/mol. The number of carbonyl (C=O) groups is 4. The van der Waals surface area contributed by atoms with Crippen molar-refractivity contribution < 1.29 is 23.9 Å². The van der Waals surface area contributed by atoms with Gasteiger partial charge in [0.15, 0.2) is 0 Å². The Kier molecular flexibility index (Phi) is 6.72. The highest BCUT2D eigenvalue weighted by atomic mass is 16.5. The molecule has 1 rings (SSSR count). The number of amides is 3. The Morgan fingerprint density at radius 3 is 2.26 bits per heavy atom. The third-order valence-corrected chi connectivity index (χ3v) is 2.98. The standard InChI is InChI=1S/C15H19N3O5/c1-9(19)17-11-5-3-10(4-6-11)15(22)18-12(14(16)21)7-8-13(20)23-2/h3-6,12H,7-8H2,1-2H3,(H2,16,21)(H,17,19)(H,18,22)/t12-/m1/s1. The van der Waals surface area contributed by atoms with E-state index in [0.717, 1.165) is 0 Å². The second-order valence-corrected chi connectivity index (χ2v) is 4.80. The van der Waals surface area contributed by atoms with E-state index in [4.69, 9.17) is 5.73 Å². The van der Waals surface area contributed by atoms with Gasteiger partial charge in [0.05, 0.1) is 7.11 Å². The second-order valence-electron chi connectivity index (χ2n) is 4.80. The van der Waals surface area contributed by atoms with E-state index in [0.29, 0.717) is 11.3 Å². The molecule has 0 spiro atoms. The van der Waals surface area contributed by atoms with E-state index in [9.17, 15) is 19.2 Å². The van der Waals surface area contributed by atoms with Crippen LogP contribution in [0.3, 0.4) is 0 Å². The first-order valence-corrected chi connectivity index (χ1v) is 6.88. The van der Waals surface area contributed by atoms with Crippen molar-refractivity contribution in [2.75, 3.05) is 12.4 Å². The number of carbonyl (C=O) groups excluding carboxylic acids is 4. The number of primary amides is 1. The summed E-state index contributed by atoms with van der Waals surface area (Å²) in [6.45, 7) is 1.37. The van der Waals surface area contributed by atoms with Crippen LogP contribution < -0.4 is 16.4 Å². The molecule has 0 heterocycles. The highest BCUT2D eigenvalue weighted by Crippen LogP contribution is 2.10. The maximum atomic E-state index is 12.1. The fourth-order valence-corrected chi connectivity index (χ4v) is 1.80. The van der Waals surface area contributed by atoms with Gasteiger partial charge in [-0.3, -0.25) is 19.2 Å². The van der Waals surface area contributed by atoms with Gasteiger partial charge in [0.25, 0.3) is 5.91 Å². The summed E-state index contributed by atoms with van der Waals surface area (Å²) in [6.07, 6.45) is 0.0174. The zero-order valence-corrected chi connectivity index (χ0v) is 12.9. The first-order chi connectivity index (χ1) is 10.8. The Hall–Kier alpha value is -2.90. The van der Waals surface area contributed by atoms with Crippen LogP contribution >= 0.6 is 0 Å². The molecule has 8 nitrogen and oxygen atoms in total. The Bertz CT molecular complexity index is 598. The number of hydrogen-bond acceptors (Lipinski definition) is 5. The average molecular weight is 321 g/mol. The zero-order valence-electron chi connectivity index (χ0n) is 12.9. The van der Waals surface area contributed by atoms with Gasteiger partial charge in [0.1, 0.15) is 6.04 Å². The van der Waals surface area contributed by atoms with Crippen LogP contribution in [-0.2, 0) is 19.1 Å². The van der Waals surface area contributed by atoms with Gasteiger partial charge in [-0.2, -0.15) is 0 Å². The summed E-state index contributed by atoms with van der Waals surface area (Å²) < 4.78 is 4.48. The highest BCUT2D eigenvalue weighted by molar-refractivity contribution is 5.98. The lowest BCUT2D eigenvalue weighted by atomic mass is 10.1. The molecule has 0 aromatic heterocycles. The molecule has 124 valence electrons. The largest absolute Gasteiger partial charge is 0.469 e. The van der Waals surface area contributed by atoms with Crippen molar-refractivity contribution in [3.8, 4) is 0 Å². The minimum absolute atomic E-state index is 0.0359. The number of esters is 1. The number of ether oxygens (including phenoxy) is 1. The quantitative estimate of drug-likeness (QED) is 0.617. The van der Waals surface area contributed by atoms with Crippen LogP contribution in [0.1, 0.15) is 30.1 Å². The molecule has 0 radical (unpaired) electrons. The van der Waals surface area contributed by atoms with Crippen molar-refractivity contribution in [1.82, 2.24) is 5.32 Å². The first-order valence-electron chi connectivity index (χ1n) is 6.88. The molecule has 0 fully saturated rings. The van der Waals surface area contributed by atoms with Crippen LogP contribution in [0.15, 0.2) is 24.3 Å². The molecule has 0 aliphatic carbocycles. The number of anilines is 1. The van der Waals surface area contributed by atoms with Crippen molar-refractivity contribution in [3.05, 3.63) is 29.8 Å². The average Bonchev–Trinajstić information content (AvgIpc) is 2.50. The molecule has 1 aromatic rings. The van der Waals surface area contributed by atoms with E-state index in [2.05, 4.69) is 15.4 Å². The lowest BCUT2D eigenvalue weighted by Gasteiger charge is -2.15. The molecule has 3 amide bonds. The third-order valence-electron chi connectivity index (χ3n) is 2.98. The molecule has 0 saturated carbocycles. The SMILES string of the molecule is COC(=O)CC[C@@H](NC(=O)c1ccc(NC(C)=O)cc1)C(N)=O. The van der Waals surface area contributed by atoms with Crippen LogP contribution in [0.4, 0.5) is 5.69 Å². The lowest BCUT2D eigenvalue weighted by molar-refractivity contribution is -0.140. The Labute approximate surface area is 133 Å². The predicted molar refractivity (Wildman–Crippen MR) is 82.4 cm³/mol. The Morgan fingerprint density at radius 1 is 1.17 bits per heavy atom. The first kappa shape index (κ1) is 18.1. The number of methoxy groups -OCH3 is 1. The van der Waals surface area contributed by atoms with Crippen LogP contribution in [-0.4, -0.2) is 36.8 Å². The molecule has 1 aromatic carbocycles. The van der Waals surface area contributed by atoms with Gasteiger partial charge in [-0.05, 0) is 30.7 Å². The van der Waals surface area contributed by atoms with Crippen molar-refractivity contribution >= 4 is 29.4 Å². The van der Waals surface area contributed by atoms with Crippen molar-refractivity contribution in [2.45, 2.75) is 25.8 Å². The van der Waals surface area contributed by atoms with Gasteiger partial charge >= 0.3 is 5.97 Å². The molecule has 0 saturated heterocycles. The van der Waals surface area contributed by atoms with Gasteiger partial charge in [-0.25, -0.2) is 0 Å². The van der Waals surface area contributed by atoms with E-state index in [-0.39, 0.29) is 18.7 Å². The van der Waals surface area contributed by atoms with Gasteiger partial charge < -0.3 is 21.1 Å². The summed E-state index contributed by atoms with van der Waals surface area (Å²) in [6, 6.07) is 5.14. The van der Waals surface area contributed by atoms with E-state index in [1.807, 2.05) is 0 Å². The smallest absolute Gasteiger partial charge is 0.305 e. The number of hydrogen-bond donors (Lipinski definition) is 3. The third kappa shape index (κ3) is 6.16. The fourth-order valence-electron chi connectivity index (χ4n) is 1.80. The molecular weight excluding hydrogens is 302 g/mol. The fraction of sp³-hybridized carbons (Fsp3) is 0.333. The second kappa shape index (κ2) is 8.52. The van der Waals surface area contributed by atoms with Gasteiger partial charge in [0, 0.05) is 24.6 Å². The summed E-state index contributed by atoms with van der Waals surface area (Å²) in [7, 11) is 1.23. The van der Waals surface area contributed by atoms with Crippen molar-refractivity contribution in [1.29, 1.82) is 0 Å². The van der Waals surface area contributed by atoms with Gasteiger partial charge in [-0.1, -0.05) is 0 Å². The van der Waals surface area contributed by atoms with E-state index < -0.39 is 23.8 Å². The maximum Gasteiger partial charge on any atom is 0.305 e. The summed E-state index contributed by atoms with van der Waals surface area (Å²) in [5.41, 5.74) is 6.06. The van der Waals surface area contributed by atoms with E-state index in [1.165, 1.54) is 26.2 Å². The Morgan fingerprint density at radius 2 is 1.78 bits per heavy atom. The molecule has 4 N–H and O–H groups in total. The summed E-state index contributed by atoms with van der Waals surface area (Å²) in [4.78, 5) is 45.5. The minimum Gasteiger partial charge on any atom is -0.469 e. The molecule has 0 aliphatic rings. The summed E-state index contributed by atoms with van der Waals surface area (Å²) in [5, 5.41) is 5.04. The summed E-state index contributed by atoms with van der Waals surface area (Å²) in [5.74, 6) is -1.96. The molecular formula is C15H19N3O5. The molecule has 23 heavy (non-hydrogen) atoms. The van der Waals surface area contributed by atoms with E-state index in [1.54, 1.807) is 12.1 Å². The molecule has 8 heteroatoms. The molecule has 0 bridgehead atoms. The van der Waals surface area contributed by atoms with Crippen molar-refractivity contribution in [3.63, 3.8) is 0 Å². The van der Waals surface area contributed by atoms with Crippen LogP contribution in [0.25, 0.3) is 0 Å². The minimum atomic E-state index is -0.975. The maximum absolute atomic E-state index is 12.1. The van der Waals surface area contributed by atoms with Crippen LogP contribution in [0, 0.1) is 0 Å². The number of benzene rings is 1.